The monoisotopic (exact) mass is 521 g/mol. The summed E-state index contributed by atoms with van der Waals surface area (Å²) in [5, 5.41) is 6.53. The molecule has 4 rings (SSSR count). The smallest absolute Gasteiger partial charge is 0.248 e. The van der Waals surface area contributed by atoms with E-state index in [-0.39, 0.29) is 58.6 Å². The average Bonchev–Trinajstić information content (AvgIpc) is 3.21. The molecule has 0 saturated carbocycles. The molecule has 0 aliphatic carbocycles. The lowest BCUT2D eigenvalue weighted by molar-refractivity contribution is -0.120. The van der Waals surface area contributed by atoms with Crippen LogP contribution in [0.5, 0.6) is 0 Å². The molecule has 1 aliphatic rings. The van der Waals surface area contributed by atoms with E-state index in [1.807, 2.05) is 0 Å². The third kappa shape index (κ3) is 5.44. The van der Waals surface area contributed by atoms with E-state index in [2.05, 4.69) is 10.5 Å². The number of carbonyl (C=O) groups is 1. The lowest BCUT2D eigenvalue weighted by Crippen LogP contribution is -2.41. The summed E-state index contributed by atoms with van der Waals surface area (Å²) in [4.78, 5) is 12.5. The van der Waals surface area contributed by atoms with Gasteiger partial charge in [0.2, 0.25) is 15.9 Å². The second-order valence-corrected chi connectivity index (χ2v) is 10.4. The Balaban J connectivity index is 1.46. The predicted octanol–water partition coefficient (Wildman–Crippen LogP) is 5.12. The normalized spacial score (nSPS) is 15.5. The fraction of sp³-hybridized carbons (Fsp3) is 0.250. The first-order valence-corrected chi connectivity index (χ1v) is 12.6. The van der Waals surface area contributed by atoms with Gasteiger partial charge in [0.15, 0.2) is 10.7 Å². The maximum absolute atomic E-state index is 14.0. The molecule has 2 aromatic carbocycles. The fourth-order valence-electron chi connectivity index (χ4n) is 3.89. The van der Waals surface area contributed by atoms with E-state index in [0.29, 0.717) is 0 Å². The highest BCUT2D eigenvalue weighted by Crippen LogP contribution is 2.30. The number of benzene rings is 2. The molecule has 1 aromatic heterocycles. The van der Waals surface area contributed by atoms with Crippen LogP contribution in [0.4, 0.5) is 14.5 Å². The minimum atomic E-state index is -3.99. The third-order valence-corrected chi connectivity index (χ3v) is 8.06. The van der Waals surface area contributed by atoms with Crippen LogP contribution < -0.4 is 5.32 Å². The molecule has 7 nitrogen and oxygen atoms in total. The Labute approximate surface area is 206 Å². The van der Waals surface area contributed by atoms with Crippen molar-refractivity contribution < 1.29 is 26.5 Å². The van der Waals surface area contributed by atoms with Gasteiger partial charge in [-0.25, -0.2) is 17.2 Å². The number of anilines is 1. The van der Waals surface area contributed by atoms with Crippen LogP contribution in [0.15, 0.2) is 51.9 Å². The molecule has 1 amide bonds. The standard InChI is InChI=1S/C24H22ClF2N3O4S/c1-15-23(22(34-29-15)9-6-16-4-2-3-5-19(16)26)35(32,33)30-12-10-17(11-13-30)24(31)28-21-8-7-18(25)14-20(21)27/h2-9,14,17H,10-13H2,1H3,(H,28,31)/b9-6+. The van der Waals surface area contributed by atoms with E-state index in [4.69, 9.17) is 16.1 Å². The molecule has 0 radical (unpaired) electrons. The number of carbonyl (C=O) groups excluding carboxylic acids is 1. The van der Waals surface area contributed by atoms with Crippen molar-refractivity contribution in [3.8, 4) is 0 Å². The Morgan fingerprint density at radius 3 is 2.54 bits per heavy atom. The van der Waals surface area contributed by atoms with Crippen LogP contribution in [0.25, 0.3) is 12.2 Å². The molecular weight excluding hydrogens is 500 g/mol. The lowest BCUT2D eigenvalue weighted by atomic mass is 9.97. The number of halogens is 3. The van der Waals surface area contributed by atoms with Gasteiger partial charge < -0.3 is 9.84 Å². The van der Waals surface area contributed by atoms with Crippen molar-refractivity contribution >= 4 is 45.4 Å². The van der Waals surface area contributed by atoms with Crippen LogP contribution in [-0.4, -0.2) is 36.9 Å². The number of aryl methyl sites for hydroxylation is 1. The van der Waals surface area contributed by atoms with Gasteiger partial charge in [0.1, 0.15) is 17.3 Å². The van der Waals surface area contributed by atoms with Crippen molar-refractivity contribution in [2.45, 2.75) is 24.7 Å². The molecule has 0 unspecified atom stereocenters. The van der Waals surface area contributed by atoms with Crippen molar-refractivity contribution in [3.63, 3.8) is 0 Å². The Kier molecular flexibility index (Phi) is 7.34. The van der Waals surface area contributed by atoms with Gasteiger partial charge >= 0.3 is 0 Å². The zero-order valence-corrected chi connectivity index (χ0v) is 20.2. The highest BCUT2D eigenvalue weighted by atomic mass is 35.5. The van der Waals surface area contributed by atoms with Crippen molar-refractivity contribution in [2.75, 3.05) is 18.4 Å². The number of hydrogen-bond acceptors (Lipinski definition) is 5. The molecule has 3 aromatic rings. The highest BCUT2D eigenvalue weighted by Gasteiger charge is 2.36. The maximum atomic E-state index is 14.0. The van der Waals surface area contributed by atoms with Crippen molar-refractivity contribution in [1.82, 2.24) is 9.46 Å². The number of sulfonamides is 1. The van der Waals surface area contributed by atoms with Crippen molar-refractivity contribution in [1.29, 1.82) is 0 Å². The molecular formula is C24H22ClF2N3O4S. The Morgan fingerprint density at radius 1 is 1.14 bits per heavy atom. The molecule has 1 fully saturated rings. The summed E-state index contributed by atoms with van der Waals surface area (Å²) in [7, 11) is -3.99. The largest absolute Gasteiger partial charge is 0.355 e. The van der Waals surface area contributed by atoms with E-state index in [9.17, 15) is 22.0 Å². The van der Waals surface area contributed by atoms with Gasteiger partial charge in [0.05, 0.1) is 5.69 Å². The molecule has 1 saturated heterocycles. The molecule has 11 heteroatoms. The Morgan fingerprint density at radius 2 is 1.86 bits per heavy atom. The number of amides is 1. The van der Waals surface area contributed by atoms with Gasteiger partial charge in [-0.3, -0.25) is 4.79 Å². The molecule has 0 atom stereocenters. The zero-order chi connectivity index (χ0) is 25.2. The quantitative estimate of drug-likeness (QED) is 0.486. The summed E-state index contributed by atoms with van der Waals surface area (Å²) in [6, 6.07) is 10.0. The van der Waals surface area contributed by atoms with Crippen LogP contribution in [-0.2, 0) is 14.8 Å². The van der Waals surface area contributed by atoms with Gasteiger partial charge in [-0.1, -0.05) is 35.0 Å². The maximum Gasteiger partial charge on any atom is 0.248 e. The summed E-state index contributed by atoms with van der Waals surface area (Å²) in [5.41, 5.74) is 0.464. The van der Waals surface area contributed by atoms with E-state index in [0.717, 1.165) is 6.07 Å². The molecule has 0 bridgehead atoms. The van der Waals surface area contributed by atoms with Crippen molar-refractivity contribution in [2.24, 2.45) is 5.92 Å². The molecule has 2 heterocycles. The number of hydrogen-bond donors (Lipinski definition) is 1. The molecule has 1 N–H and O–H groups in total. The second kappa shape index (κ2) is 10.3. The summed E-state index contributed by atoms with van der Waals surface area (Å²) in [6.45, 7) is 1.69. The van der Waals surface area contributed by atoms with Crippen LogP contribution in [0.1, 0.15) is 29.9 Å². The zero-order valence-electron chi connectivity index (χ0n) is 18.7. The molecule has 0 spiro atoms. The number of nitrogens with zero attached hydrogens (tertiary/aromatic N) is 2. The fourth-order valence-corrected chi connectivity index (χ4v) is 5.77. The second-order valence-electron chi connectivity index (χ2n) is 8.11. The lowest BCUT2D eigenvalue weighted by Gasteiger charge is -2.30. The molecule has 35 heavy (non-hydrogen) atoms. The predicted molar refractivity (Wildman–Crippen MR) is 128 cm³/mol. The first-order valence-electron chi connectivity index (χ1n) is 10.8. The minimum Gasteiger partial charge on any atom is -0.355 e. The highest BCUT2D eigenvalue weighted by molar-refractivity contribution is 7.89. The number of piperidine rings is 1. The van der Waals surface area contributed by atoms with Gasteiger partial charge in [-0.2, -0.15) is 4.31 Å². The molecule has 1 aliphatic heterocycles. The number of rotatable bonds is 6. The summed E-state index contributed by atoms with van der Waals surface area (Å²) >= 11 is 5.74. The van der Waals surface area contributed by atoms with Crippen molar-refractivity contribution in [3.05, 3.63) is 76.1 Å². The van der Waals surface area contributed by atoms with E-state index < -0.39 is 33.5 Å². The van der Waals surface area contributed by atoms with Crippen LogP contribution in [0, 0.1) is 24.5 Å². The summed E-state index contributed by atoms with van der Waals surface area (Å²) in [6.07, 6.45) is 3.29. The molecule has 184 valence electrons. The number of nitrogens with one attached hydrogen (secondary N) is 1. The van der Waals surface area contributed by atoms with E-state index in [1.165, 1.54) is 41.6 Å². The topological polar surface area (TPSA) is 92.5 Å². The van der Waals surface area contributed by atoms with E-state index in [1.54, 1.807) is 18.2 Å². The Hall–Kier alpha value is -3.08. The summed E-state index contributed by atoms with van der Waals surface area (Å²) in [5.74, 6) is -1.99. The first kappa shape index (κ1) is 25.0. The van der Waals surface area contributed by atoms with Gasteiger partial charge in [-0.05, 0) is 56.2 Å². The van der Waals surface area contributed by atoms with Crippen LogP contribution in [0.3, 0.4) is 0 Å². The van der Waals surface area contributed by atoms with Crippen LogP contribution >= 0.6 is 11.6 Å². The van der Waals surface area contributed by atoms with Gasteiger partial charge in [0, 0.05) is 29.6 Å². The average molecular weight is 522 g/mol. The third-order valence-electron chi connectivity index (χ3n) is 5.76. The minimum absolute atomic E-state index is 0.0103. The SMILES string of the molecule is Cc1noc(/C=C/c2ccccc2F)c1S(=O)(=O)N1CCC(C(=O)Nc2ccc(Cl)cc2F)CC1. The summed E-state index contributed by atoms with van der Waals surface area (Å²) < 4.78 is 61.1. The van der Waals surface area contributed by atoms with Gasteiger partial charge in [-0.15, -0.1) is 0 Å². The van der Waals surface area contributed by atoms with Crippen LogP contribution in [0.2, 0.25) is 5.02 Å². The Bertz CT molecular complexity index is 1380. The van der Waals surface area contributed by atoms with E-state index >= 15 is 0 Å². The van der Waals surface area contributed by atoms with Gasteiger partial charge in [0.25, 0.3) is 0 Å². The first-order chi connectivity index (χ1) is 16.7. The number of aromatic nitrogens is 1.